The Labute approximate surface area is 91.5 Å². The van der Waals surface area contributed by atoms with E-state index in [0.717, 1.165) is 13.0 Å². The van der Waals surface area contributed by atoms with Gasteiger partial charge in [0.1, 0.15) is 0 Å². The van der Waals surface area contributed by atoms with Crippen molar-refractivity contribution in [2.45, 2.75) is 45.6 Å². The monoisotopic (exact) mass is 211 g/mol. The first-order valence-electron chi connectivity index (χ1n) is 5.40. The number of hydrogen-bond acceptors (Lipinski definition) is 2. The lowest BCUT2D eigenvalue weighted by atomic mass is 9.99. The highest BCUT2D eigenvalue weighted by molar-refractivity contribution is 7.07. The summed E-state index contributed by atoms with van der Waals surface area (Å²) in [5.74, 6) is 0. The summed E-state index contributed by atoms with van der Waals surface area (Å²) in [7, 11) is 0. The Morgan fingerprint density at radius 1 is 1.43 bits per heavy atom. The first-order chi connectivity index (χ1) is 6.64. The summed E-state index contributed by atoms with van der Waals surface area (Å²) in [4.78, 5) is 0. The second kappa shape index (κ2) is 5.52. The van der Waals surface area contributed by atoms with Gasteiger partial charge in [-0.25, -0.2) is 0 Å². The van der Waals surface area contributed by atoms with Crippen LogP contribution in [0.5, 0.6) is 0 Å². The van der Waals surface area contributed by atoms with Crippen LogP contribution in [0.15, 0.2) is 16.8 Å². The Morgan fingerprint density at radius 2 is 2.21 bits per heavy atom. The van der Waals surface area contributed by atoms with E-state index in [1.54, 1.807) is 11.3 Å². The van der Waals surface area contributed by atoms with Crippen molar-refractivity contribution >= 4 is 11.3 Å². The number of nitrogens with one attached hydrogen (secondary N) is 1. The van der Waals surface area contributed by atoms with Gasteiger partial charge >= 0.3 is 0 Å². The van der Waals surface area contributed by atoms with Crippen LogP contribution in [-0.4, -0.2) is 12.1 Å². The van der Waals surface area contributed by atoms with Crippen molar-refractivity contribution in [2.24, 2.45) is 0 Å². The lowest BCUT2D eigenvalue weighted by Crippen LogP contribution is -2.40. The summed E-state index contributed by atoms with van der Waals surface area (Å²) in [5.41, 5.74) is 1.75. The van der Waals surface area contributed by atoms with Gasteiger partial charge in [0.25, 0.3) is 0 Å². The molecule has 0 aliphatic carbocycles. The molecule has 80 valence electrons. The Hall–Kier alpha value is -0.340. The Balaban J connectivity index is 2.20. The summed E-state index contributed by atoms with van der Waals surface area (Å²) >= 11 is 1.78. The van der Waals surface area contributed by atoms with E-state index in [1.165, 1.54) is 18.4 Å². The molecule has 0 aromatic carbocycles. The van der Waals surface area contributed by atoms with E-state index in [1.807, 2.05) is 0 Å². The molecule has 0 saturated heterocycles. The van der Waals surface area contributed by atoms with Crippen molar-refractivity contribution in [1.82, 2.24) is 5.32 Å². The molecular weight excluding hydrogens is 190 g/mol. The van der Waals surface area contributed by atoms with Gasteiger partial charge in [-0.1, -0.05) is 13.3 Å². The van der Waals surface area contributed by atoms with Crippen LogP contribution in [0.1, 0.15) is 39.2 Å². The first kappa shape index (κ1) is 11.7. The minimum absolute atomic E-state index is 0.296. The van der Waals surface area contributed by atoms with Gasteiger partial charge in [-0.05, 0) is 55.6 Å². The molecule has 0 aliphatic heterocycles. The molecule has 0 bridgehead atoms. The molecule has 0 aliphatic rings. The Bertz CT molecular complexity index is 239. The van der Waals surface area contributed by atoms with Crippen molar-refractivity contribution in [2.75, 3.05) is 6.54 Å². The van der Waals surface area contributed by atoms with E-state index >= 15 is 0 Å². The minimum Gasteiger partial charge on any atom is -0.311 e. The van der Waals surface area contributed by atoms with Crippen LogP contribution in [0.2, 0.25) is 0 Å². The number of hydrogen-bond donors (Lipinski definition) is 1. The molecule has 0 atom stereocenters. The van der Waals surface area contributed by atoms with Crippen molar-refractivity contribution in [3.05, 3.63) is 22.4 Å². The standard InChI is InChI=1S/C12H21NS/c1-4-7-12(2,3)13-8-5-11-6-9-14-10-11/h6,9-10,13H,4-5,7-8H2,1-3H3. The van der Waals surface area contributed by atoms with Crippen molar-refractivity contribution in [3.8, 4) is 0 Å². The van der Waals surface area contributed by atoms with Gasteiger partial charge in [0.2, 0.25) is 0 Å². The second-order valence-electron chi connectivity index (χ2n) is 4.44. The molecule has 0 saturated carbocycles. The van der Waals surface area contributed by atoms with E-state index in [0.29, 0.717) is 5.54 Å². The molecule has 0 radical (unpaired) electrons. The smallest absolute Gasteiger partial charge is 0.0125 e. The number of rotatable bonds is 6. The molecule has 1 nitrogen and oxygen atoms in total. The zero-order chi connectivity index (χ0) is 10.4. The maximum atomic E-state index is 3.60. The second-order valence-corrected chi connectivity index (χ2v) is 5.22. The van der Waals surface area contributed by atoms with Gasteiger partial charge in [0.15, 0.2) is 0 Å². The molecule has 0 unspecified atom stereocenters. The maximum absolute atomic E-state index is 3.60. The van der Waals surface area contributed by atoms with E-state index in [-0.39, 0.29) is 0 Å². The van der Waals surface area contributed by atoms with Crippen LogP contribution in [-0.2, 0) is 6.42 Å². The van der Waals surface area contributed by atoms with E-state index in [4.69, 9.17) is 0 Å². The predicted octanol–water partition coefficient (Wildman–Crippen LogP) is 3.46. The molecule has 1 rings (SSSR count). The van der Waals surface area contributed by atoms with Gasteiger partial charge in [0.05, 0.1) is 0 Å². The lowest BCUT2D eigenvalue weighted by molar-refractivity contribution is 0.362. The normalized spacial score (nSPS) is 11.9. The topological polar surface area (TPSA) is 12.0 Å². The third-order valence-corrected chi connectivity index (χ3v) is 3.20. The van der Waals surface area contributed by atoms with Crippen LogP contribution in [0.3, 0.4) is 0 Å². The van der Waals surface area contributed by atoms with E-state index < -0.39 is 0 Å². The van der Waals surface area contributed by atoms with Crippen LogP contribution in [0.25, 0.3) is 0 Å². The van der Waals surface area contributed by atoms with Gasteiger partial charge < -0.3 is 5.32 Å². The largest absolute Gasteiger partial charge is 0.311 e. The average molecular weight is 211 g/mol. The third-order valence-electron chi connectivity index (χ3n) is 2.47. The van der Waals surface area contributed by atoms with Gasteiger partial charge in [-0.3, -0.25) is 0 Å². The van der Waals surface area contributed by atoms with Crippen LogP contribution in [0.4, 0.5) is 0 Å². The molecule has 2 heteroatoms. The minimum atomic E-state index is 0.296. The molecule has 1 heterocycles. The van der Waals surface area contributed by atoms with Crippen molar-refractivity contribution in [3.63, 3.8) is 0 Å². The maximum Gasteiger partial charge on any atom is 0.0125 e. The van der Waals surface area contributed by atoms with Gasteiger partial charge in [-0.15, -0.1) is 0 Å². The van der Waals surface area contributed by atoms with Gasteiger partial charge in [-0.2, -0.15) is 11.3 Å². The number of thiophene rings is 1. The quantitative estimate of drug-likeness (QED) is 0.760. The summed E-state index contributed by atoms with van der Waals surface area (Å²) in [6, 6.07) is 2.21. The summed E-state index contributed by atoms with van der Waals surface area (Å²) in [5, 5.41) is 7.98. The Kier molecular flexibility index (Phi) is 4.63. The third kappa shape index (κ3) is 4.25. The fourth-order valence-electron chi connectivity index (χ4n) is 1.69. The first-order valence-corrected chi connectivity index (χ1v) is 6.34. The van der Waals surface area contributed by atoms with Gasteiger partial charge in [0, 0.05) is 5.54 Å². The highest BCUT2D eigenvalue weighted by Crippen LogP contribution is 2.11. The van der Waals surface area contributed by atoms with Crippen LogP contribution in [0, 0.1) is 0 Å². The molecule has 0 amide bonds. The predicted molar refractivity (Wildman–Crippen MR) is 65.0 cm³/mol. The highest BCUT2D eigenvalue weighted by atomic mass is 32.1. The van der Waals surface area contributed by atoms with Crippen LogP contribution < -0.4 is 5.32 Å². The molecule has 0 fully saturated rings. The molecule has 14 heavy (non-hydrogen) atoms. The summed E-state index contributed by atoms with van der Waals surface area (Å²) < 4.78 is 0. The SMILES string of the molecule is CCCC(C)(C)NCCc1ccsc1. The average Bonchev–Trinajstić information content (AvgIpc) is 2.56. The molecular formula is C12H21NS. The lowest BCUT2D eigenvalue weighted by Gasteiger charge is -2.25. The molecule has 0 spiro atoms. The molecule has 1 N–H and O–H groups in total. The fraction of sp³-hybridized carbons (Fsp3) is 0.667. The highest BCUT2D eigenvalue weighted by Gasteiger charge is 2.14. The van der Waals surface area contributed by atoms with E-state index in [2.05, 4.69) is 42.9 Å². The van der Waals surface area contributed by atoms with Crippen molar-refractivity contribution in [1.29, 1.82) is 0 Å². The Morgan fingerprint density at radius 3 is 2.79 bits per heavy atom. The van der Waals surface area contributed by atoms with Crippen LogP contribution >= 0.6 is 11.3 Å². The summed E-state index contributed by atoms with van der Waals surface area (Å²) in [6.07, 6.45) is 3.64. The molecule has 1 aromatic rings. The van der Waals surface area contributed by atoms with Crippen molar-refractivity contribution < 1.29 is 0 Å². The molecule has 1 aromatic heterocycles. The van der Waals surface area contributed by atoms with E-state index in [9.17, 15) is 0 Å². The fourth-order valence-corrected chi connectivity index (χ4v) is 2.40. The zero-order valence-corrected chi connectivity index (χ0v) is 10.3. The zero-order valence-electron chi connectivity index (χ0n) is 9.47. The summed E-state index contributed by atoms with van der Waals surface area (Å²) in [6.45, 7) is 7.89.